The molecule has 0 unspecified atom stereocenters. The van der Waals surface area contributed by atoms with Gasteiger partial charge in [0.2, 0.25) is 6.73 Å². The van der Waals surface area contributed by atoms with Crippen LogP contribution < -0.4 is 10.6 Å². The second-order valence-corrected chi connectivity index (χ2v) is 11.5. The molecule has 0 spiro atoms. The van der Waals surface area contributed by atoms with Crippen LogP contribution in [0.1, 0.15) is 22.9 Å². The van der Waals surface area contributed by atoms with Crippen LogP contribution in [0.4, 0.5) is 21.2 Å². The molecular weight excluding hydrogens is 514 g/mol. The van der Waals surface area contributed by atoms with Crippen LogP contribution in [-0.2, 0) is 20.9 Å². The van der Waals surface area contributed by atoms with E-state index in [2.05, 4.69) is 41.6 Å². The number of nitrogens with zero attached hydrogens (tertiary/aromatic N) is 3. The molecule has 3 aromatic rings. The van der Waals surface area contributed by atoms with Crippen LogP contribution in [0.3, 0.4) is 0 Å². The molecule has 1 amide bonds. The molecule has 204 valence electrons. The molecule has 2 aliphatic heterocycles. The molecule has 0 saturated carbocycles. The molecule has 1 fully saturated rings. The number of ether oxygens (including phenoxy) is 2. The van der Waals surface area contributed by atoms with Gasteiger partial charge in [-0.2, -0.15) is 0 Å². The van der Waals surface area contributed by atoms with Gasteiger partial charge in [-0.1, -0.05) is 42.5 Å². The number of likely N-dealkylation sites (N-methyl/N-ethyl adjacent to an activating group) is 1. The topological polar surface area (TPSA) is 92.3 Å². The Labute approximate surface area is 232 Å². The summed E-state index contributed by atoms with van der Waals surface area (Å²) >= 11 is 1.73. The second kappa shape index (κ2) is 11.5. The van der Waals surface area contributed by atoms with E-state index in [1.165, 1.54) is 4.88 Å². The first-order valence-electron chi connectivity index (χ1n) is 13.1. The van der Waals surface area contributed by atoms with Crippen LogP contribution in [0, 0.1) is 6.92 Å². The summed E-state index contributed by atoms with van der Waals surface area (Å²) in [6.45, 7) is 7.20. The van der Waals surface area contributed by atoms with Crippen molar-refractivity contribution in [1.82, 2.24) is 10.2 Å². The van der Waals surface area contributed by atoms with Crippen LogP contribution in [-0.4, -0.2) is 73.3 Å². The minimum atomic E-state index is -0.809. The number of rotatable bonds is 6. The molecule has 1 aromatic heterocycles. The van der Waals surface area contributed by atoms with E-state index in [1.54, 1.807) is 18.3 Å². The van der Waals surface area contributed by atoms with E-state index in [0.717, 1.165) is 59.5 Å². The van der Waals surface area contributed by atoms with Crippen molar-refractivity contribution >= 4 is 45.6 Å². The van der Waals surface area contributed by atoms with E-state index in [1.807, 2.05) is 48.5 Å². The number of fused-ring (bicyclic) bond motifs is 2. The number of thiophene rings is 1. The minimum Gasteiger partial charge on any atom is -0.459 e. The monoisotopic (exact) mass is 548 g/mol. The summed E-state index contributed by atoms with van der Waals surface area (Å²) in [5, 5.41) is 7.25. The molecule has 3 heterocycles. The molecule has 0 aliphatic carbocycles. The number of aryl methyl sites for hydroxylation is 1. The summed E-state index contributed by atoms with van der Waals surface area (Å²) in [6.07, 6.45) is -0.629. The minimum absolute atomic E-state index is 0.158. The van der Waals surface area contributed by atoms with Crippen LogP contribution in [0.5, 0.6) is 0 Å². The Morgan fingerprint density at radius 2 is 1.82 bits per heavy atom. The molecule has 9 nitrogen and oxygen atoms in total. The van der Waals surface area contributed by atoms with Crippen molar-refractivity contribution in [3.05, 3.63) is 76.7 Å². The SMILES string of the molecule is Cc1cc2c(s1)Nc1ccccc1N=C2N1CC[N+](C)(COC(=O)N[C@@H](C)C(=O)OCc2ccccc2)CC1. The lowest BCUT2D eigenvalue weighted by molar-refractivity contribution is -0.928. The van der Waals surface area contributed by atoms with Crippen molar-refractivity contribution in [2.24, 2.45) is 4.99 Å². The third-order valence-corrected chi connectivity index (χ3v) is 7.98. The van der Waals surface area contributed by atoms with E-state index in [9.17, 15) is 9.59 Å². The number of quaternary nitrogens is 1. The number of para-hydroxylation sites is 2. The van der Waals surface area contributed by atoms with Gasteiger partial charge in [-0.25, -0.2) is 14.6 Å². The van der Waals surface area contributed by atoms with E-state index in [-0.39, 0.29) is 13.3 Å². The standard InChI is InChI=1S/C29H33N5O4S/c1-20-17-23-26(31-24-11-7-8-12-25(24)32-27(23)39-20)33-13-15-34(3,16-14-33)19-38-29(36)30-21(2)28(35)37-18-22-9-5-4-6-10-22/h4-12,17,21H,13-16,18-19H2,1-3H3,(H-,30,31,32,36)/p+1/t21-/m0/s1. The summed E-state index contributed by atoms with van der Waals surface area (Å²) in [7, 11) is 2.08. The van der Waals surface area contributed by atoms with E-state index in [0.29, 0.717) is 4.48 Å². The molecule has 0 radical (unpaired) electrons. The number of amides is 1. The molecular formula is C29H34N5O4S+. The lowest BCUT2D eigenvalue weighted by Crippen LogP contribution is -2.59. The number of anilines is 2. The first-order valence-corrected chi connectivity index (χ1v) is 13.9. The Morgan fingerprint density at radius 3 is 2.59 bits per heavy atom. The molecule has 2 N–H and O–H groups in total. The van der Waals surface area contributed by atoms with Crippen molar-refractivity contribution in [3.63, 3.8) is 0 Å². The maximum absolute atomic E-state index is 12.4. The largest absolute Gasteiger partial charge is 0.459 e. The fourth-order valence-corrected chi connectivity index (χ4v) is 5.54. The summed E-state index contributed by atoms with van der Waals surface area (Å²) in [4.78, 5) is 33.3. The van der Waals surface area contributed by atoms with Gasteiger partial charge in [0.1, 0.15) is 23.5 Å². The number of piperazine rings is 1. The zero-order valence-corrected chi connectivity index (χ0v) is 23.3. The Balaban J connectivity index is 1.14. The molecule has 10 heteroatoms. The summed E-state index contributed by atoms with van der Waals surface area (Å²) < 4.78 is 11.4. The lowest BCUT2D eigenvalue weighted by atomic mass is 10.2. The number of hydrogen-bond donors (Lipinski definition) is 2. The van der Waals surface area contributed by atoms with Gasteiger partial charge in [-0.05, 0) is 37.6 Å². The van der Waals surface area contributed by atoms with Gasteiger partial charge in [0, 0.05) is 4.88 Å². The highest BCUT2D eigenvalue weighted by Crippen LogP contribution is 2.39. The zero-order valence-electron chi connectivity index (χ0n) is 22.5. The maximum atomic E-state index is 12.4. The Morgan fingerprint density at radius 1 is 1.10 bits per heavy atom. The van der Waals surface area contributed by atoms with Crippen LogP contribution in [0.2, 0.25) is 0 Å². The van der Waals surface area contributed by atoms with Gasteiger partial charge < -0.3 is 25.0 Å². The average Bonchev–Trinajstić information content (AvgIpc) is 3.23. The molecule has 2 aromatic carbocycles. The number of carbonyl (C=O) groups is 2. The van der Waals surface area contributed by atoms with Gasteiger partial charge in [0.25, 0.3) is 0 Å². The molecule has 1 saturated heterocycles. The average molecular weight is 549 g/mol. The van der Waals surface area contributed by atoms with E-state index < -0.39 is 18.1 Å². The van der Waals surface area contributed by atoms with Crippen molar-refractivity contribution in [2.45, 2.75) is 26.5 Å². The number of alkyl carbamates (subject to hydrolysis) is 1. The van der Waals surface area contributed by atoms with Gasteiger partial charge in [-0.15, -0.1) is 11.3 Å². The quantitative estimate of drug-likeness (QED) is 0.341. The van der Waals surface area contributed by atoms with Crippen molar-refractivity contribution in [1.29, 1.82) is 0 Å². The fraction of sp³-hybridized carbons (Fsp3) is 0.345. The first kappa shape index (κ1) is 26.7. The highest BCUT2D eigenvalue weighted by Gasteiger charge is 2.33. The van der Waals surface area contributed by atoms with Crippen molar-refractivity contribution < 1.29 is 23.5 Å². The molecule has 5 rings (SSSR count). The van der Waals surface area contributed by atoms with Crippen molar-refractivity contribution in [2.75, 3.05) is 45.3 Å². The van der Waals surface area contributed by atoms with Crippen molar-refractivity contribution in [3.8, 4) is 0 Å². The molecule has 0 bridgehead atoms. The number of nitrogens with one attached hydrogen (secondary N) is 2. The number of amidine groups is 1. The number of carbonyl (C=O) groups excluding carboxylic acids is 2. The lowest BCUT2D eigenvalue weighted by Gasteiger charge is -2.42. The van der Waals surface area contributed by atoms with Gasteiger partial charge in [0.15, 0.2) is 0 Å². The van der Waals surface area contributed by atoms with Gasteiger partial charge in [0.05, 0.1) is 50.2 Å². The second-order valence-electron chi connectivity index (χ2n) is 10.3. The molecule has 39 heavy (non-hydrogen) atoms. The molecule has 2 aliphatic rings. The zero-order chi connectivity index (χ0) is 27.4. The van der Waals surface area contributed by atoms with Crippen LogP contribution in [0.15, 0.2) is 65.7 Å². The third kappa shape index (κ3) is 6.40. The third-order valence-electron chi connectivity index (χ3n) is 7.01. The summed E-state index contributed by atoms with van der Waals surface area (Å²) in [5.41, 5.74) is 3.94. The maximum Gasteiger partial charge on any atom is 0.412 e. The van der Waals surface area contributed by atoms with Crippen LogP contribution in [0.25, 0.3) is 0 Å². The van der Waals surface area contributed by atoms with Gasteiger partial charge in [-0.3, -0.25) is 4.48 Å². The fourth-order valence-electron chi connectivity index (χ4n) is 4.62. The number of aliphatic imine (C=N–C) groups is 1. The number of benzene rings is 2. The van der Waals surface area contributed by atoms with Gasteiger partial charge >= 0.3 is 12.1 Å². The normalized spacial score (nSPS) is 16.5. The highest BCUT2D eigenvalue weighted by molar-refractivity contribution is 7.16. The highest BCUT2D eigenvalue weighted by atomic mass is 32.1. The Hall–Kier alpha value is -3.89. The Kier molecular flexibility index (Phi) is 7.85. The van der Waals surface area contributed by atoms with Crippen LogP contribution >= 0.6 is 11.3 Å². The predicted molar refractivity (Wildman–Crippen MR) is 153 cm³/mol. The smallest absolute Gasteiger partial charge is 0.412 e. The number of hydrogen-bond acceptors (Lipinski definition) is 8. The van der Waals surface area contributed by atoms with E-state index in [4.69, 9.17) is 14.5 Å². The number of esters is 1. The Bertz CT molecular complexity index is 1370. The summed E-state index contributed by atoms with van der Waals surface area (Å²) in [6, 6.07) is 18.9. The molecule has 1 atom stereocenters. The predicted octanol–water partition coefficient (Wildman–Crippen LogP) is 4.77. The van der Waals surface area contributed by atoms with E-state index >= 15 is 0 Å². The first-order chi connectivity index (χ1) is 18.8. The summed E-state index contributed by atoms with van der Waals surface area (Å²) in [5.74, 6) is 0.465.